The van der Waals surface area contributed by atoms with E-state index < -0.39 is 0 Å². The maximum atomic E-state index is 12.1. The quantitative estimate of drug-likeness (QED) is 0.547. The maximum Gasteiger partial charge on any atom is 0.291 e. The third-order valence-electron chi connectivity index (χ3n) is 3.74. The number of ether oxygens (including phenoxy) is 1. The van der Waals surface area contributed by atoms with Gasteiger partial charge in [-0.3, -0.25) is 4.79 Å². The van der Waals surface area contributed by atoms with Crippen LogP contribution in [-0.4, -0.2) is 27.6 Å². The van der Waals surface area contributed by atoms with Crippen molar-refractivity contribution in [2.24, 2.45) is 0 Å². The van der Waals surface area contributed by atoms with Crippen molar-refractivity contribution >= 4 is 33.2 Å². The molecule has 0 saturated heterocycles. The Bertz CT molecular complexity index is 1090. The summed E-state index contributed by atoms with van der Waals surface area (Å²) < 4.78 is 12.5. The Balaban J connectivity index is 1.55. The highest BCUT2D eigenvalue weighted by Crippen LogP contribution is 2.22. The number of aromatic nitrogens is 3. The minimum Gasteiger partial charge on any atom is -0.480 e. The van der Waals surface area contributed by atoms with Gasteiger partial charge in [0.25, 0.3) is 5.91 Å². The summed E-state index contributed by atoms with van der Waals surface area (Å²) in [7, 11) is 1.57. The van der Waals surface area contributed by atoms with Crippen LogP contribution in [0, 0.1) is 0 Å². The Morgan fingerprint density at radius 3 is 2.65 bits per heavy atom. The fraction of sp³-hybridized carbons (Fsp3) is 0.0556. The van der Waals surface area contributed by atoms with Crippen molar-refractivity contribution < 1.29 is 13.9 Å². The number of nitrogens with one attached hydrogen (secondary N) is 1. The molecule has 0 bridgehead atoms. The Kier molecular flexibility index (Phi) is 4.18. The number of carbonyl (C=O) groups excluding carboxylic acids is 1. The normalized spacial score (nSPS) is 10.8. The Morgan fingerprint density at radius 1 is 1.15 bits per heavy atom. The van der Waals surface area contributed by atoms with E-state index in [1.807, 2.05) is 36.5 Å². The summed E-state index contributed by atoms with van der Waals surface area (Å²) in [5.74, 6) is 0.442. The molecule has 0 saturated carbocycles. The average Bonchev–Trinajstić information content (AvgIpc) is 3.27. The molecule has 130 valence electrons. The van der Waals surface area contributed by atoms with Gasteiger partial charge in [-0.25, -0.2) is 9.50 Å². The largest absolute Gasteiger partial charge is 0.480 e. The fourth-order valence-electron chi connectivity index (χ4n) is 2.47. The zero-order valence-corrected chi connectivity index (χ0v) is 15.2. The van der Waals surface area contributed by atoms with E-state index in [0.717, 1.165) is 16.9 Å². The molecule has 0 aliphatic heterocycles. The van der Waals surface area contributed by atoms with Gasteiger partial charge in [0.05, 0.1) is 19.0 Å². The minimum absolute atomic E-state index is 0.237. The van der Waals surface area contributed by atoms with Gasteiger partial charge in [0, 0.05) is 17.3 Å². The second-order valence-electron chi connectivity index (χ2n) is 5.44. The van der Waals surface area contributed by atoms with Crippen LogP contribution in [0.25, 0.3) is 16.9 Å². The lowest BCUT2D eigenvalue weighted by Gasteiger charge is -2.04. The van der Waals surface area contributed by atoms with E-state index in [0.29, 0.717) is 16.2 Å². The fourth-order valence-corrected chi connectivity index (χ4v) is 2.77. The van der Waals surface area contributed by atoms with Gasteiger partial charge in [-0.05, 0) is 46.3 Å². The second-order valence-corrected chi connectivity index (χ2v) is 6.22. The molecule has 4 aromatic rings. The number of carbonyl (C=O) groups is 1. The summed E-state index contributed by atoms with van der Waals surface area (Å²) in [6.07, 6.45) is 1.83. The Hall–Kier alpha value is -3.13. The van der Waals surface area contributed by atoms with Gasteiger partial charge < -0.3 is 14.5 Å². The number of amides is 1. The van der Waals surface area contributed by atoms with Crippen LogP contribution in [0.3, 0.4) is 0 Å². The summed E-state index contributed by atoms with van der Waals surface area (Å²) in [4.78, 5) is 16.6. The molecule has 3 aromatic heterocycles. The third-order valence-corrected chi connectivity index (χ3v) is 4.17. The van der Waals surface area contributed by atoms with E-state index in [9.17, 15) is 4.79 Å². The molecule has 1 N–H and O–H groups in total. The first kappa shape index (κ1) is 16.3. The van der Waals surface area contributed by atoms with Crippen LogP contribution in [0.2, 0.25) is 0 Å². The number of halogens is 1. The van der Waals surface area contributed by atoms with E-state index in [2.05, 4.69) is 31.3 Å². The molecule has 0 aliphatic carbocycles. The highest BCUT2D eigenvalue weighted by Gasteiger charge is 2.11. The smallest absolute Gasteiger partial charge is 0.291 e. The van der Waals surface area contributed by atoms with Crippen LogP contribution in [0.4, 0.5) is 5.69 Å². The molecule has 4 rings (SSSR count). The zero-order chi connectivity index (χ0) is 18.1. The number of benzene rings is 1. The number of rotatable bonds is 4. The Labute approximate surface area is 156 Å². The molecule has 0 unspecified atom stereocenters. The molecular formula is C18H13BrN4O3. The van der Waals surface area contributed by atoms with Crippen LogP contribution in [-0.2, 0) is 0 Å². The van der Waals surface area contributed by atoms with E-state index in [4.69, 9.17) is 9.15 Å². The van der Waals surface area contributed by atoms with E-state index in [-0.39, 0.29) is 11.7 Å². The summed E-state index contributed by atoms with van der Waals surface area (Å²) in [6, 6.07) is 14.3. The van der Waals surface area contributed by atoms with Crippen molar-refractivity contribution in [2.45, 2.75) is 0 Å². The molecule has 0 spiro atoms. The lowest BCUT2D eigenvalue weighted by Crippen LogP contribution is -2.10. The van der Waals surface area contributed by atoms with Gasteiger partial charge in [-0.15, -0.1) is 5.10 Å². The highest BCUT2D eigenvalue weighted by molar-refractivity contribution is 9.10. The number of anilines is 1. The number of imidazole rings is 1. The number of methoxy groups -OCH3 is 1. The Morgan fingerprint density at radius 2 is 1.96 bits per heavy atom. The minimum atomic E-state index is -0.313. The molecule has 0 aliphatic rings. The average molecular weight is 413 g/mol. The summed E-state index contributed by atoms with van der Waals surface area (Å²) in [5.41, 5.74) is 3.07. The van der Waals surface area contributed by atoms with Crippen molar-refractivity contribution in [1.29, 1.82) is 0 Å². The van der Waals surface area contributed by atoms with Crippen LogP contribution in [0.5, 0.6) is 5.88 Å². The van der Waals surface area contributed by atoms with Gasteiger partial charge in [0.15, 0.2) is 16.1 Å². The van der Waals surface area contributed by atoms with Gasteiger partial charge in [-0.2, -0.15) is 0 Å². The van der Waals surface area contributed by atoms with Crippen LogP contribution in [0.1, 0.15) is 10.6 Å². The van der Waals surface area contributed by atoms with Crippen LogP contribution < -0.4 is 10.1 Å². The lowest BCUT2D eigenvalue weighted by molar-refractivity contribution is 0.0995. The first-order valence-corrected chi connectivity index (χ1v) is 8.49. The predicted molar refractivity (Wildman–Crippen MR) is 99.3 cm³/mol. The zero-order valence-electron chi connectivity index (χ0n) is 13.6. The summed E-state index contributed by atoms with van der Waals surface area (Å²) in [5, 5.41) is 7.08. The summed E-state index contributed by atoms with van der Waals surface area (Å²) in [6.45, 7) is 0. The second kappa shape index (κ2) is 6.64. The molecule has 26 heavy (non-hydrogen) atoms. The first-order chi connectivity index (χ1) is 12.6. The number of nitrogens with zero attached hydrogens (tertiary/aromatic N) is 3. The SMILES string of the molecule is COc1ccc2nc(-c3ccc(NC(=O)c4ccc(Br)o4)cc3)cn2n1. The van der Waals surface area contributed by atoms with Gasteiger partial charge in [0.2, 0.25) is 5.88 Å². The van der Waals surface area contributed by atoms with Crippen LogP contribution >= 0.6 is 15.9 Å². The first-order valence-electron chi connectivity index (χ1n) is 7.70. The number of furan rings is 1. The molecule has 3 heterocycles. The molecule has 0 fully saturated rings. The van der Waals surface area contributed by atoms with Crippen molar-refractivity contribution in [1.82, 2.24) is 14.6 Å². The maximum absolute atomic E-state index is 12.1. The topological polar surface area (TPSA) is 81.7 Å². The molecule has 1 aromatic carbocycles. The third kappa shape index (κ3) is 3.18. The molecular weight excluding hydrogens is 400 g/mol. The predicted octanol–water partition coefficient (Wildman–Crippen LogP) is 4.01. The van der Waals surface area contributed by atoms with E-state index >= 15 is 0 Å². The summed E-state index contributed by atoms with van der Waals surface area (Å²) >= 11 is 3.18. The molecule has 0 radical (unpaired) electrons. The van der Waals surface area contributed by atoms with Gasteiger partial charge in [0.1, 0.15) is 0 Å². The van der Waals surface area contributed by atoms with Gasteiger partial charge in [-0.1, -0.05) is 12.1 Å². The van der Waals surface area contributed by atoms with Crippen molar-refractivity contribution in [3.63, 3.8) is 0 Å². The molecule has 7 nitrogen and oxygen atoms in total. The molecule has 8 heteroatoms. The van der Waals surface area contributed by atoms with E-state index in [1.54, 1.807) is 29.8 Å². The van der Waals surface area contributed by atoms with Crippen molar-refractivity contribution in [2.75, 3.05) is 12.4 Å². The van der Waals surface area contributed by atoms with E-state index in [1.165, 1.54) is 0 Å². The highest BCUT2D eigenvalue weighted by atomic mass is 79.9. The monoisotopic (exact) mass is 412 g/mol. The van der Waals surface area contributed by atoms with Crippen molar-refractivity contribution in [3.05, 3.63) is 65.2 Å². The van der Waals surface area contributed by atoms with Gasteiger partial charge >= 0.3 is 0 Å². The van der Waals surface area contributed by atoms with Crippen LogP contribution in [0.15, 0.2) is 63.8 Å². The molecule has 0 atom stereocenters. The number of hydrogen-bond acceptors (Lipinski definition) is 5. The van der Waals surface area contributed by atoms with Crippen molar-refractivity contribution in [3.8, 4) is 17.1 Å². The molecule has 1 amide bonds. The number of hydrogen-bond donors (Lipinski definition) is 1. The standard InChI is InChI=1S/C18H13BrN4O3/c1-25-17-9-8-16-21-13(10-23(16)22-17)11-2-4-12(5-3-11)20-18(24)14-6-7-15(19)26-14/h2-10H,1H3,(H,20,24). The number of fused-ring (bicyclic) bond motifs is 1. The lowest BCUT2D eigenvalue weighted by atomic mass is 10.1.